The highest BCUT2D eigenvalue weighted by Crippen LogP contribution is 2.39. The molecule has 1 saturated heterocycles. The molecule has 2 rings (SSSR count). The van der Waals surface area contributed by atoms with Crippen molar-refractivity contribution in [2.45, 2.75) is 66.1 Å². The van der Waals surface area contributed by atoms with E-state index in [0.717, 1.165) is 25.0 Å². The van der Waals surface area contributed by atoms with Gasteiger partial charge in [0.1, 0.15) is 0 Å². The van der Waals surface area contributed by atoms with E-state index in [4.69, 9.17) is 9.47 Å². The van der Waals surface area contributed by atoms with Gasteiger partial charge < -0.3 is 9.47 Å². The summed E-state index contributed by atoms with van der Waals surface area (Å²) in [4.78, 5) is 0. The van der Waals surface area contributed by atoms with Gasteiger partial charge in [0.25, 0.3) is 0 Å². The van der Waals surface area contributed by atoms with Crippen LogP contribution in [0.3, 0.4) is 0 Å². The molecule has 2 heteroatoms. The SMILES string of the molecule is CCCC1(C)COC(C2CC(C)CC(C)C2)OC1. The molecule has 0 bridgehead atoms. The summed E-state index contributed by atoms with van der Waals surface area (Å²) in [7, 11) is 0. The zero-order valence-electron chi connectivity index (χ0n) is 12.6. The van der Waals surface area contributed by atoms with Crippen LogP contribution in [-0.2, 0) is 9.47 Å². The van der Waals surface area contributed by atoms with Gasteiger partial charge in [-0.05, 0) is 37.5 Å². The third-order valence-corrected chi connectivity index (χ3v) is 4.65. The highest BCUT2D eigenvalue weighted by molar-refractivity contribution is 4.82. The van der Waals surface area contributed by atoms with Crippen molar-refractivity contribution in [3.05, 3.63) is 0 Å². The van der Waals surface area contributed by atoms with Crippen LogP contribution in [-0.4, -0.2) is 19.5 Å². The molecule has 18 heavy (non-hydrogen) atoms. The predicted molar refractivity (Wildman–Crippen MR) is 74.4 cm³/mol. The summed E-state index contributed by atoms with van der Waals surface area (Å²) >= 11 is 0. The maximum atomic E-state index is 6.06. The van der Waals surface area contributed by atoms with Crippen LogP contribution in [0.1, 0.15) is 59.8 Å². The molecule has 0 amide bonds. The minimum absolute atomic E-state index is 0.0696. The second-order valence-corrected chi connectivity index (χ2v) is 7.23. The minimum Gasteiger partial charge on any atom is -0.352 e. The van der Waals surface area contributed by atoms with Crippen LogP contribution in [0.5, 0.6) is 0 Å². The lowest BCUT2D eigenvalue weighted by atomic mass is 9.76. The molecule has 2 fully saturated rings. The van der Waals surface area contributed by atoms with Crippen LogP contribution in [0, 0.1) is 23.2 Å². The standard InChI is InChI=1S/C16H30O2/c1-5-6-16(4)10-17-15(18-11-16)14-8-12(2)7-13(3)9-14/h12-15H,5-11H2,1-4H3. The first-order chi connectivity index (χ1) is 8.52. The molecule has 2 atom stereocenters. The van der Waals surface area contributed by atoms with E-state index in [2.05, 4.69) is 27.7 Å². The topological polar surface area (TPSA) is 18.5 Å². The summed E-state index contributed by atoms with van der Waals surface area (Å²) in [5, 5.41) is 0. The molecule has 106 valence electrons. The highest BCUT2D eigenvalue weighted by atomic mass is 16.7. The van der Waals surface area contributed by atoms with Gasteiger partial charge in [-0.2, -0.15) is 0 Å². The summed E-state index contributed by atoms with van der Waals surface area (Å²) in [6.45, 7) is 11.0. The summed E-state index contributed by atoms with van der Waals surface area (Å²) in [6, 6.07) is 0. The lowest BCUT2D eigenvalue weighted by Crippen LogP contribution is -2.44. The Morgan fingerprint density at radius 2 is 1.56 bits per heavy atom. The molecule has 1 saturated carbocycles. The van der Waals surface area contributed by atoms with E-state index >= 15 is 0 Å². The van der Waals surface area contributed by atoms with E-state index in [1.807, 2.05) is 0 Å². The fourth-order valence-electron chi connectivity index (χ4n) is 3.91. The Labute approximate surface area is 112 Å². The van der Waals surface area contributed by atoms with E-state index in [0.29, 0.717) is 5.92 Å². The molecule has 2 unspecified atom stereocenters. The largest absolute Gasteiger partial charge is 0.352 e. The molecular formula is C16H30O2. The van der Waals surface area contributed by atoms with Gasteiger partial charge in [0.2, 0.25) is 0 Å². The summed E-state index contributed by atoms with van der Waals surface area (Å²) < 4.78 is 12.1. The quantitative estimate of drug-likeness (QED) is 0.750. The minimum atomic E-state index is 0.0696. The van der Waals surface area contributed by atoms with Crippen molar-refractivity contribution in [2.24, 2.45) is 23.2 Å². The molecule has 2 nitrogen and oxygen atoms in total. The molecule has 1 heterocycles. The van der Waals surface area contributed by atoms with Crippen molar-refractivity contribution in [1.82, 2.24) is 0 Å². The van der Waals surface area contributed by atoms with Crippen LogP contribution < -0.4 is 0 Å². The van der Waals surface area contributed by atoms with Crippen LogP contribution >= 0.6 is 0 Å². The van der Waals surface area contributed by atoms with Gasteiger partial charge in [0.05, 0.1) is 13.2 Å². The highest BCUT2D eigenvalue weighted by Gasteiger charge is 2.37. The molecular weight excluding hydrogens is 224 g/mol. The van der Waals surface area contributed by atoms with Crippen molar-refractivity contribution in [3.8, 4) is 0 Å². The van der Waals surface area contributed by atoms with Crippen molar-refractivity contribution in [2.75, 3.05) is 13.2 Å². The molecule has 0 N–H and O–H groups in total. The lowest BCUT2D eigenvalue weighted by Gasteiger charge is -2.43. The third kappa shape index (κ3) is 3.48. The first kappa shape index (κ1) is 14.3. The fraction of sp³-hybridized carbons (Fsp3) is 1.00. The monoisotopic (exact) mass is 254 g/mol. The Morgan fingerprint density at radius 1 is 1.00 bits per heavy atom. The normalized spacial score (nSPS) is 46.0. The molecule has 0 aromatic rings. The average molecular weight is 254 g/mol. The van der Waals surface area contributed by atoms with Crippen LogP contribution in [0.4, 0.5) is 0 Å². The Morgan fingerprint density at radius 3 is 2.06 bits per heavy atom. The van der Waals surface area contributed by atoms with Crippen molar-refractivity contribution < 1.29 is 9.47 Å². The summed E-state index contributed by atoms with van der Waals surface area (Å²) in [5.74, 6) is 2.28. The first-order valence-electron chi connectivity index (χ1n) is 7.75. The van der Waals surface area contributed by atoms with Crippen LogP contribution in [0.15, 0.2) is 0 Å². The Balaban J connectivity index is 1.85. The predicted octanol–water partition coefficient (Wildman–Crippen LogP) is 4.24. The van der Waals surface area contributed by atoms with E-state index in [1.54, 1.807) is 0 Å². The number of hydrogen-bond donors (Lipinski definition) is 0. The van der Waals surface area contributed by atoms with Gasteiger partial charge in [0.15, 0.2) is 6.29 Å². The molecule has 1 aliphatic carbocycles. The molecule has 0 spiro atoms. The van der Waals surface area contributed by atoms with E-state index in [1.165, 1.54) is 32.1 Å². The van der Waals surface area contributed by atoms with Crippen molar-refractivity contribution in [3.63, 3.8) is 0 Å². The van der Waals surface area contributed by atoms with Crippen molar-refractivity contribution >= 4 is 0 Å². The zero-order valence-corrected chi connectivity index (χ0v) is 12.6. The maximum absolute atomic E-state index is 6.06. The molecule has 0 aromatic heterocycles. The zero-order chi connectivity index (χ0) is 13.2. The molecule has 0 radical (unpaired) electrons. The van der Waals surface area contributed by atoms with Gasteiger partial charge in [-0.15, -0.1) is 0 Å². The van der Waals surface area contributed by atoms with Crippen molar-refractivity contribution in [1.29, 1.82) is 0 Å². The number of hydrogen-bond acceptors (Lipinski definition) is 2. The van der Waals surface area contributed by atoms with E-state index in [-0.39, 0.29) is 11.7 Å². The molecule has 2 aliphatic rings. The van der Waals surface area contributed by atoms with Gasteiger partial charge in [-0.25, -0.2) is 0 Å². The Bertz CT molecular complexity index is 246. The van der Waals surface area contributed by atoms with Gasteiger partial charge in [-0.1, -0.05) is 34.1 Å². The molecule has 0 aromatic carbocycles. The third-order valence-electron chi connectivity index (χ3n) is 4.65. The molecule has 1 aliphatic heterocycles. The first-order valence-corrected chi connectivity index (χ1v) is 7.75. The van der Waals surface area contributed by atoms with Gasteiger partial charge in [-0.3, -0.25) is 0 Å². The fourth-order valence-corrected chi connectivity index (χ4v) is 3.91. The Kier molecular flexibility index (Phi) is 4.71. The summed E-state index contributed by atoms with van der Waals surface area (Å²) in [5.41, 5.74) is 0.247. The smallest absolute Gasteiger partial charge is 0.160 e. The maximum Gasteiger partial charge on any atom is 0.160 e. The van der Waals surface area contributed by atoms with Gasteiger partial charge in [0, 0.05) is 11.3 Å². The Hall–Kier alpha value is -0.0800. The number of ether oxygens (including phenoxy) is 2. The number of rotatable bonds is 3. The van der Waals surface area contributed by atoms with E-state index < -0.39 is 0 Å². The average Bonchev–Trinajstić information content (AvgIpc) is 2.28. The second kappa shape index (κ2) is 5.92. The van der Waals surface area contributed by atoms with Gasteiger partial charge >= 0.3 is 0 Å². The van der Waals surface area contributed by atoms with Crippen LogP contribution in [0.25, 0.3) is 0 Å². The second-order valence-electron chi connectivity index (χ2n) is 7.23. The van der Waals surface area contributed by atoms with Crippen LogP contribution in [0.2, 0.25) is 0 Å². The lowest BCUT2D eigenvalue weighted by molar-refractivity contribution is -0.254. The van der Waals surface area contributed by atoms with E-state index in [9.17, 15) is 0 Å². The summed E-state index contributed by atoms with van der Waals surface area (Å²) in [6.07, 6.45) is 6.42.